The molecule has 0 aliphatic rings. The normalized spacial score (nSPS) is 11.2. The zero-order chi connectivity index (χ0) is 12.0. The Hall–Kier alpha value is -2.16. The summed E-state index contributed by atoms with van der Waals surface area (Å²) in [5, 5.41) is 1.04. The van der Waals surface area contributed by atoms with Crippen LogP contribution >= 0.6 is 0 Å². The van der Waals surface area contributed by atoms with Crippen molar-refractivity contribution in [3.8, 4) is 0 Å². The van der Waals surface area contributed by atoms with Gasteiger partial charge in [0.25, 0.3) is 0 Å². The van der Waals surface area contributed by atoms with E-state index in [2.05, 4.69) is 0 Å². The molecule has 0 N–H and O–H groups in total. The van der Waals surface area contributed by atoms with Crippen molar-refractivity contribution in [3.05, 3.63) is 58.5 Å². The fraction of sp³-hybridized carbons (Fsp3) is 0.0714. The fourth-order valence-electron chi connectivity index (χ4n) is 2.26. The standard InChI is InChI=1S/C14H10FNO/c1-16-12-8-3-2-5-9(12)14(17)10-6-4-7-11(15)13(10)16/h2-8H,1H3. The number of benzene rings is 2. The molecule has 1 aromatic heterocycles. The van der Waals surface area contributed by atoms with Crippen LogP contribution in [0.1, 0.15) is 0 Å². The monoisotopic (exact) mass is 227 g/mol. The third-order valence-electron chi connectivity index (χ3n) is 3.08. The van der Waals surface area contributed by atoms with Crippen molar-refractivity contribution in [1.82, 2.24) is 4.57 Å². The number of hydrogen-bond donors (Lipinski definition) is 0. The summed E-state index contributed by atoms with van der Waals surface area (Å²) in [6.45, 7) is 0. The van der Waals surface area contributed by atoms with Gasteiger partial charge in [-0.3, -0.25) is 4.79 Å². The number of aryl methyl sites for hydroxylation is 1. The zero-order valence-corrected chi connectivity index (χ0v) is 9.27. The van der Waals surface area contributed by atoms with E-state index in [0.717, 1.165) is 5.52 Å². The summed E-state index contributed by atoms with van der Waals surface area (Å²) in [6.07, 6.45) is 0. The van der Waals surface area contributed by atoms with E-state index in [0.29, 0.717) is 16.3 Å². The molecule has 3 heteroatoms. The number of fused-ring (bicyclic) bond motifs is 2. The Balaban J connectivity index is 2.74. The number of aromatic nitrogens is 1. The lowest BCUT2D eigenvalue weighted by atomic mass is 10.1. The molecule has 17 heavy (non-hydrogen) atoms. The quantitative estimate of drug-likeness (QED) is 0.541. The van der Waals surface area contributed by atoms with Crippen molar-refractivity contribution in [3.63, 3.8) is 0 Å². The second-order valence-electron chi connectivity index (χ2n) is 4.04. The average Bonchev–Trinajstić information content (AvgIpc) is 2.36. The topological polar surface area (TPSA) is 22.0 Å². The molecule has 0 aliphatic carbocycles. The molecule has 0 saturated carbocycles. The summed E-state index contributed by atoms with van der Waals surface area (Å²) >= 11 is 0. The minimum absolute atomic E-state index is 0.117. The molecule has 0 aliphatic heterocycles. The van der Waals surface area contributed by atoms with E-state index in [9.17, 15) is 9.18 Å². The number of nitrogens with zero attached hydrogens (tertiary/aromatic N) is 1. The molecule has 0 unspecified atom stereocenters. The average molecular weight is 227 g/mol. The molecule has 0 spiro atoms. The van der Waals surface area contributed by atoms with E-state index in [4.69, 9.17) is 0 Å². The molecule has 0 fully saturated rings. The largest absolute Gasteiger partial charge is 0.341 e. The molecule has 0 bridgehead atoms. The molecule has 1 heterocycles. The van der Waals surface area contributed by atoms with Crippen LogP contribution in [0.15, 0.2) is 47.3 Å². The molecule has 2 nitrogen and oxygen atoms in total. The number of para-hydroxylation sites is 2. The Bertz CT molecular complexity index is 789. The Kier molecular flexibility index (Phi) is 2.01. The first-order valence-electron chi connectivity index (χ1n) is 5.36. The van der Waals surface area contributed by atoms with Crippen LogP contribution in [-0.4, -0.2) is 4.57 Å². The lowest BCUT2D eigenvalue weighted by Gasteiger charge is -2.10. The predicted octanol–water partition coefficient (Wildman–Crippen LogP) is 2.83. The van der Waals surface area contributed by atoms with Crippen molar-refractivity contribution in [2.75, 3.05) is 0 Å². The van der Waals surface area contributed by atoms with Gasteiger partial charge in [-0.25, -0.2) is 4.39 Å². The molecule has 3 aromatic rings. The van der Waals surface area contributed by atoms with Gasteiger partial charge in [-0.15, -0.1) is 0 Å². The predicted molar refractivity (Wildman–Crippen MR) is 66.7 cm³/mol. The molecule has 0 atom stereocenters. The molecular formula is C14H10FNO. The van der Waals surface area contributed by atoms with E-state index in [1.165, 1.54) is 6.07 Å². The first-order valence-corrected chi connectivity index (χ1v) is 5.36. The maximum atomic E-state index is 13.8. The van der Waals surface area contributed by atoms with E-state index < -0.39 is 0 Å². The summed E-state index contributed by atoms with van der Waals surface area (Å²) in [6, 6.07) is 11.8. The van der Waals surface area contributed by atoms with Crippen LogP contribution in [0.3, 0.4) is 0 Å². The van der Waals surface area contributed by atoms with E-state index in [-0.39, 0.29) is 11.2 Å². The second-order valence-corrected chi connectivity index (χ2v) is 4.04. The van der Waals surface area contributed by atoms with E-state index in [1.807, 2.05) is 18.2 Å². The summed E-state index contributed by atoms with van der Waals surface area (Å²) < 4.78 is 15.5. The number of rotatable bonds is 0. The summed E-state index contributed by atoms with van der Waals surface area (Å²) in [4.78, 5) is 12.2. The maximum Gasteiger partial charge on any atom is 0.197 e. The first kappa shape index (κ1) is 10.0. The van der Waals surface area contributed by atoms with Gasteiger partial charge in [-0.05, 0) is 24.3 Å². The second kappa shape index (κ2) is 3.42. The van der Waals surface area contributed by atoms with Crippen molar-refractivity contribution in [1.29, 1.82) is 0 Å². The summed E-state index contributed by atoms with van der Waals surface area (Å²) in [5.74, 6) is -0.368. The Morgan fingerprint density at radius 1 is 1.00 bits per heavy atom. The molecule has 2 aromatic carbocycles. The van der Waals surface area contributed by atoms with Gasteiger partial charge in [0.15, 0.2) is 5.43 Å². The zero-order valence-electron chi connectivity index (χ0n) is 9.27. The van der Waals surface area contributed by atoms with Crippen molar-refractivity contribution >= 4 is 21.8 Å². The first-order chi connectivity index (χ1) is 8.20. The Morgan fingerprint density at radius 2 is 1.71 bits per heavy atom. The fourth-order valence-corrected chi connectivity index (χ4v) is 2.26. The smallest absolute Gasteiger partial charge is 0.197 e. The maximum absolute atomic E-state index is 13.8. The van der Waals surface area contributed by atoms with Crippen molar-refractivity contribution in [2.24, 2.45) is 7.05 Å². The van der Waals surface area contributed by atoms with Crippen LogP contribution in [0.5, 0.6) is 0 Å². The third kappa shape index (κ3) is 1.29. The van der Waals surface area contributed by atoms with Crippen LogP contribution < -0.4 is 5.43 Å². The van der Waals surface area contributed by atoms with Gasteiger partial charge in [0.2, 0.25) is 0 Å². The van der Waals surface area contributed by atoms with Gasteiger partial charge in [-0.2, -0.15) is 0 Å². The summed E-state index contributed by atoms with van der Waals surface area (Å²) in [7, 11) is 1.77. The highest BCUT2D eigenvalue weighted by Gasteiger charge is 2.10. The SMILES string of the molecule is Cn1c2ccccc2c(=O)c2cccc(F)c21. The lowest BCUT2D eigenvalue weighted by molar-refractivity contribution is 0.632. The molecular weight excluding hydrogens is 217 g/mol. The van der Waals surface area contributed by atoms with Crippen LogP contribution in [0, 0.1) is 5.82 Å². The molecule has 0 saturated heterocycles. The van der Waals surface area contributed by atoms with E-state index >= 15 is 0 Å². The number of pyridine rings is 1. The van der Waals surface area contributed by atoms with Gasteiger partial charge < -0.3 is 4.57 Å². The Labute approximate surface area is 96.9 Å². The van der Waals surface area contributed by atoms with Crippen molar-refractivity contribution in [2.45, 2.75) is 0 Å². The number of halogens is 1. The molecule has 84 valence electrons. The highest BCUT2D eigenvalue weighted by Crippen LogP contribution is 2.19. The lowest BCUT2D eigenvalue weighted by Crippen LogP contribution is -2.10. The van der Waals surface area contributed by atoms with Crippen molar-refractivity contribution < 1.29 is 4.39 Å². The molecule has 0 amide bonds. The van der Waals surface area contributed by atoms with Gasteiger partial charge in [0.05, 0.1) is 11.0 Å². The minimum atomic E-state index is -0.368. The van der Waals surface area contributed by atoms with Crippen LogP contribution in [0.2, 0.25) is 0 Å². The summed E-state index contributed by atoms with van der Waals surface area (Å²) in [5.41, 5.74) is 0.986. The molecule has 3 rings (SSSR count). The molecule has 0 radical (unpaired) electrons. The third-order valence-corrected chi connectivity index (χ3v) is 3.08. The van der Waals surface area contributed by atoms with Gasteiger partial charge in [0.1, 0.15) is 5.82 Å². The van der Waals surface area contributed by atoms with Crippen LogP contribution in [0.25, 0.3) is 21.8 Å². The highest BCUT2D eigenvalue weighted by molar-refractivity contribution is 5.93. The Morgan fingerprint density at radius 3 is 2.53 bits per heavy atom. The van der Waals surface area contributed by atoms with Gasteiger partial charge >= 0.3 is 0 Å². The van der Waals surface area contributed by atoms with Crippen LogP contribution in [0.4, 0.5) is 4.39 Å². The minimum Gasteiger partial charge on any atom is -0.341 e. The highest BCUT2D eigenvalue weighted by atomic mass is 19.1. The van der Waals surface area contributed by atoms with Gasteiger partial charge in [0, 0.05) is 17.8 Å². The van der Waals surface area contributed by atoms with E-state index in [1.54, 1.807) is 29.8 Å². The van der Waals surface area contributed by atoms with Gasteiger partial charge in [-0.1, -0.05) is 18.2 Å². The van der Waals surface area contributed by atoms with Crippen LogP contribution in [-0.2, 0) is 7.05 Å². The number of hydrogen-bond acceptors (Lipinski definition) is 1.